The molecule has 10 nitrogen and oxygen atoms in total. The molecule has 0 saturated carbocycles. The quantitative estimate of drug-likeness (QED) is 0.685. The number of nitrogens with one attached hydrogen (secondary N) is 1. The van der Waals surface area contributed by atoms with Crippen LogP contribution in [-0.4, -0.2) is 54.1 Å². The van der Waals surface area contributed by atoms with Crippen LogP contribution in [-0.2, 0) is 16.1 Å². The number of halogens is 1. The number of rotatable bonds is 6. The standard InChI is InChI=1S/C16H20FN5O5/c1-16(2,3)27-15(26)18-9(6-13(24)25)8-22-20-14(19-21-22)11-5-4-10(23)7-12(11)17/h4-5,7,9,23H,6,8H2,1-3H3,(H,18,26)(H,24,25). The summed E-state index contributed by atoms with van der Waals surface area (Å²) in [5, 5.41) is 32.2. The number of phenols is 1. The highest BCUT2D eigenvalue weighted by Gasteiger charge is 2.23. The molecular weight excluding hydrogens is 361 g/mol. The van der Waals surface area contributed by atoms with E-state index in [1.807, 2.05) is 0 Å². The molecule has 0 aliphatic rings. The molecule has 1 aromatic heterocycles. The number of amides is 1. The van der Waals surface area contributed by atoms with Crippen LogP contribution < -0.4 is 5.32 Å². The number of carboxylic acids is 1. The van der Waals surface area contributed by atoms with E-state index in [2.05, 4.69) is 20.7 Å². The Morgan fingerprint density at radius 3 is 2.67 bits per heavy atom. The number of hydrogen-bond acceptors (Lipinski definition) is 7. The molecule has 1 atom stereocenters. The lowest BCUT2D eigenvalue weighted by Crippen LogP contribution is -2.42. The van der Waals surface area contributed by atoms with E-state index in [1.54, 1.807) is 20.8 Å². The molecule has 1 aromatic carbocycles. The summed E-state index contributed by atoms with van der Waals surface area (Å²) < 4.78 is 19.0. The summed E-state index contributed by atoms with van der Waals surface area (Å²) >= 11 is 0. The van der Waals surface area contributed by atoms with Gasteiger partial charge in [0.1, 0.15) is 17.2 Å². The largest absolute Gasteiger partial charge is 0.508 e. The van der Waals surface area contributed by atoms with Gasteiger partial charge in [-0.2, -0.15) is 4.80 Å². The predicted octanol–water partition coefficient (Wildman–Crippen LogP) is 1.55. The second-order valence-electron chi connectivity index (χ2n) is 6.77. The molecule has 0 fully saturated rings. The van der Waals surface area contributed by atoms with Gasteiger partial charge in [0, 0.05) is 6.07 Å². The summed E-state index contributed by atoms with van der Waals surface area (Å²) in [5.41, 5.74) is -0.721. The fourth-order valence-corrected chi connectivity index (χ4v) is 2.16. The van der Waals surface area contributed by atoms with Crippen molar-refractivity contribution in [3.8, 4) is 17.1 Å². The molecule has 1 heterocycles. The van der Waals surface area contributed by atoms with E-state index >= 15 is 0 Å². The first kappa shape index (κ1) is 20.1. The van der Waals surface area contributed by atoms with Crippen molar-refractivity contribution in [1.29, 1.82) is 0 Å². The number of alkyl carbamates (subject to hydrolysis) is 1. The molecule has 1 amide bonds. The third kappa shape index (κ3) is 6.20. The summed E-state index contributed by atoms with van der Waals surface area (Å²) in [4.78, 5) is 24.0. The van der Waals surface area contributed by atoms with E-state index < -0.39 is 35.9 Å². The van der Waals surface area contributed by atoms with Crippen LogP contribution in [0.3, 0.4) is 0 Å². The van der Waals surface area contributed by atoms with Gasteiger partial charge in [0.2, 0.25) is 5.82 Å². The molecule has 3 N–H and O–H groups in total. The van der Waals surface area contributed by atoms with Crippen molar-refractivity contribution in [3.63, 3.8) is 0 Å². The Bertz CT molecular complexity index is 833. The topological polar surface area (TPSA) is 139 Å². The van der Waals surface area contributed by atoms with Gasteiger partial charge >= 0.3 is 12.1 Å². The predicted molar refractivity (Wildman–Crippen MR) is 90.3 cm³/mol. The maximum absolute atomic E-state index is 13.9. The first-order valence-corrected chi connectivity index (χ1v) is 8.01. The van der Waals surface area contributed by atoms with E-state index in [0.717, 1.165) is 10.9 Å². The maximum Gasteiger partial charge on any atom is 0.407 e. The second kappa shape index (κ2) is 7.98. The zero-order valence-corrected chi connectivity index (χ0v) is 15.0. The van der Waals surface area contributed by atoms with Crippen molar-refractivity contribution in [1.82, 2.24) is 25.5 Å². The smallest absolute Gasteiger partial charge is 0.407 e. The Morgan fingerprint density at radius 1 is 1.37 bits per heavy atom. The van der Waals surface area contributed by atoms with Crippen LogP contribution in [0, 0.1) is 5.82 Å². The van der Waals surface area contributed by atoms with Gasteiger partial charge in [-0.25, -0.2) is 9.18 Å². The zero-order chi connectivity index (χ0) is 20.2. The molecule has 2 aromatic rings. The van der Waals surface area contributed by atoms with Crippen molar-refractivity contribution in [2.75, 3.05) is 0 Å². The van der Waals surface area contributed by atoms with Crippen LogP contribution in [0.15, 0.2) is 18.2 Å². The third-order valence-electron chi connectivity index (χ3n) is 3.17. The Hall–Kier alpha value is -3.24. The number of aromatic hydroxyl groups is 1. The molecule has 0 aliphatic heterocycles. The van der Waals surface area contributed by atoms with Gasteiger partial charge < -0.3 is 20.3 Å². The molecule has 0 spiro atoms. The molecule has 0 saturated heterocycles. The Kier molecular flexibility index (Phi) is 5.93. The number of carboxylic acid groups (broad SMARTS) is 1. The fraction of sp³-hybridized carbons (Fsp3) is 0.438. The van der Waals surface area contributed by atoms with Crippen LogP contribution in [0.2, 0.25) is 0 Å². The number of nitrogens with zero attached hydrogens (tertiary/aromatic N) is 4. The SMILES string of the molecule is CC(C)(C)OC(=O)NC(CC(=O)O)Cn1nnc(-c2ccc(O)cc2F)n1. The Balaban J connectivity index is 2.12. The number of aliphatic carboxylic acids is 1. The Labute approximate surface area is 153 Å². The van der Waals surface area contributed by atoms with Gasteiger partial charge in [0.05, 0.1) is 24.6 Å². The number of carbonyl (C=O) groups is 2. The molecule has 0 aliphatic carbocycles. The van der Waals surface area contributed by atoms with Gasteiger partial charge in [0.15, 0.2) is 0 Å². The third-order valence-corrected chi connectivity index (χ3v) is 3.17. The summed E-state index contributed by atoms with van der Waals surface area (Å²) in [7, 11) is 0. The van der Waals surface area contributed by atoms with Gasteiger partial charge in [-0.3, -0.25) is 4.79 Å². The molecule has 27 heavy (non-hydrogen) atoms. The van der Waals surface area contributed by atoms with Gasteiger partial charge in [-0.1, -0.05) is 0 Å². The average Bonchev–Trinajstić information content (AvgIpc) is 2.92. The summed E-state index contributed by atoms with van der Waals surface area (Å²) in [5.74, 6) is -2.16. The second-order valence-corrected chi connectivity index (χ2v) is 6.77. The number of benzene rings is 1. The normalized spacial score (nSPS) is 12.4. The number of carbonyl (C=O) groups excluding carboxylic acids is 1. The number of ether oxygens (including phenoxy) is 1. The monoisotopic (exact) mass is 381 g/mol. The van der Waals surface area contributed by atoms with Crippen LogP contribution in [0.5, 0.6) is 5.75 Å². The van der Waals surface area contributed by atoms with E-state index in [4.69, 9.17) is 9.84 Å². The van der Waals surface area contributed by atoms with E-state index in [1.165, 1.54) is 12.1 Å². The molecule has 0 bridgehead atoms. The summed E-state index contributed by atoms with van der Waals surface area (Å²) in [6.45, 7) is 4.92. The van der Waals surface area contributed by atoms with Gasteiger partial charge in [-0.15, -0.1) is 10.2 Å². The fourth-order valence-electron chi connectivity index (χ4n) is 2.16. The van der Waals surface area contributed by atoms with Crippen molar-refractivity contribution < 1.29 is 28.9 Å². The summed E-state index contributed by atoms with van der Waals surface area (Å²) in [6, 6.07) is 2.60. The highest BCUT2D eigenvalue weighted by molar-refractivity contribution is 5.71. The summed E-state index contributed by atoms with van der Waals surface area (Å²) in [6.07, 6.45) is -1.18. The number of aromatic nitrogens is 4. The van der Waals surface area contributed by atoms with Gasteiger partial charge in [-0.05, 0) is 38.1 Å². The zero-order valence-electron chi connectivity index (χ0n) is 15.0. The lowest BCUT2D eigenvalue weighted by Gasteiger charge is -2.22. The highest BCUT2D eigenvalue weighted by Crippen LogP contribution is 2.22. The minimum atomic E-state index is -1.14. The van der Waals surface area contributed by atoms with E-state index in [-0.39, 0.29) is 23.7 Å². The lowest BCUT2D eigenvalue weighted by atomic mass is 10.2. The first-order chi connectivity index (χ1) is 12.5. The highest BCUT2D eigenvalue weighted by atomic mass is 19.1. The van der Waals surface area contributed by atoms with Crippen molar-refractivity contribution in [2.24, 2.45) is 0 Å². The molecule has 146 valence electrons. The average molecular weight is 381 g/mol. The molecular formula is C16H20FN5O5. The Morgan fingerprint density at radius 2 is 2.07 bits per heavy atom. The number of tetrazole rings is 1. The van der Waals surface area contributed by atoms with E-state index in [0.29, 0.717) is 0 Å². The minimum absolute atomic E-state index is 0.0222. The molecule has 2 rings (SSSR count). The van der Waals surface area contributed by atoms with Crippen molar-refractivity contribution in [3.05, 3.63) is 24.0 Å². The van der Waals surface area contributed by atoms with Gasteiger partial charge in [0.25, 0.3) is 0 Å². The molecule has 0 radical (unpaired) electrons. The van der Waals surface area contributed by atoms with Crippen molar-refractivity contribution >= 4 is 12.1 Å². The van der Waals surface area contributed by atoms with Crippen LogP contribution in [0.4, 0.5) is 9.18 Å². The number of phenolic OH excluding ortho intramolecular Hbond substituents is 1. The maximum atomic E-state index is 13.9. The van der Waals surface area contributed by atoms with Crippen molar-refractivity contribution in [2.45, 2.75) is 45.4 Å². The number of hydrogen-bond donors (Lipinski definition) is 3. The minimum Gasteiger partial charge on any atom is -0.508 e. The van der Waals surface area contributed by atoms with Crippen LogP contribution in [0.1, 0.15) is 27.2 Å². The first-order valence-electron chi connectivity index (χ1n) is 8.01. The molecule has 11 heteroatoms. The van der Waals surface area contributed by atoms with Crippen LogP contribution >= 0.6 is 0 Å². The lowest BCUT2D eigenvalue weighted by molar-refractivity contribution is -0.137. The van der Waals surface area contributed by atoms with E-state index in [9.17, 15) is 19.1 Å². The van der Waals surface area contributed by atoms with Crippen LogP contribution in [0.25, 0.3) is 11.4 Å². The molecule has 1 unspecified atom stereocenters.